The Hall–Kier alpha value is -0.910. The quantitative estimate of drug-likeness (QED) is 0.845. The molecule has 0 aliphatic heterocycles. The monoisotopic (exact) mass is 387 g/mol. The van der Waals surface area contributed by atoms with Gasteiger partial charge in [0.05, 0.1) is 17.6 Å². The van der Waals surface area contributed by atoms with Crippen molar-refractivity contribution in [2.24, 2.45) is 5.73 Å². The van der Waals surface area contributed by atoms with E-state index in [2.05, 4.69) is 31.9 Å². The normalized spacial score (nSPS) is 12.3. The SMILES string of the molecule is COc1ccc(C(N)c2ccc(F)c(Br)c2)c(Br)c1. The van der Waals surface area contributed by atoms with E-state index in [4.69, 9.17) is 10.5 Å². The zero-order valence-electron chi connectivity index (χ0n) is 10.2. The molecule has 0 bridgehead atoms. The molecule has 0 saturated carbocycles. The summed E-state index contributed by atoms with van der Waals surface area (Å²) in [6.07, 6.45) is 0. The van der Waals surface area contributed by atoms with E-state index in [1.54, 1.807) is 19.2 Å². The van der Waals surface area contributed by atoms with Crippen molar-refractivity contribution in [3.63, 3.8) is 0 Å². The Kier molecular flexibility index (Phi) is 4.60. The lowest BCUT2D eigenvalue weighted by Gasteiger charge is -2.15. The summed E-state index contributed by atoms with van der Waals surface area (Å²) in [7, 11) is 1.61. The van der Waals surface area contributed by atoms with Gasteiger partial charge in [0.15, 0.2) is 0 Å². The standard InChI is InChI=1S/C14H12Br2FNO/c1-19-9-3-4-10(11(15)7-9)14(18)8-2-5-13(17)12(16)6-8/h2-7,14H,18H2,1H3. The van der Waals surface area contributed by atoms with Gasteiger partial charge in [-0.05, 0) is 51.3 Å². The minimum absolute atomic E-state index is 0.301. The number of hydrogen-bond acceptors (Lipinski definition) is 2. The summed E-state index contributed by atoms with van der Waals surface area (Å²) < 4.78 is 19.6. The van der Waals surface area contributed by atoms with Crippen LogP contribution in [0.5, 0.6) is 5.75 Å². The van der Waals surface area contributed by atoms with E-state index >= 15 is 0 Å². The molecule has 0 heterocycles. The summed E-state index contributed by atoms with van der Waals surface area (Å²) in [6.45, 7) is 0. The summed E-state index contributed by atoms with van der Waals surface area (Å²) in [5.41, 5.74) is 7.96. The minimum Gasteiger partial charge on any atom is -0.497 e. The van der Waals surface area contributed by atoms with E-state index in [0.717, 1.165) is 21.3 Å². The van der Waals surface area contributed by atoms with Crippen LogP contribution in [0.2, 0.25) is 0 Å². The van der Waals surface area contributed by atoms with E-state index in [0.29, 0.717) is 4.47 Å². The number of halogens is 3. The Balaban J connectivity index is 2.38. The summed E-state index contributed by atoms with van der Waals surface area (Å²) in [5.74, 6) is 0.452. The summed E-state index contributed by atoms with van der Waals surface area (Å²) in [6, 6.07) is 10.0. The van der Waals surface area contributed by atoms with E-state index in [1.165, 1.54) is 6.07 Å². The summed E-state index contributed by atoms with van der Waals surface area (Å²) in [4.78, 5) is 0. The van der Waals surface area contributed by atoms with Crippen LogP contribution in [0.25, 0.3) is 0 Å². The molecule has 1 atom stereocenters. The lowest BCUT2D eigenvalue weighted by molar-refractivity contribution is 0.414. The Labute approximate surface area is 128 Å². The topological polar surface area (TPSA) is 35.2 Å². The summed E-state index contributed by atoms with van der Waals surface area (Å²) in [5, 5.41) is 0. The molecule has 2 N–H and O–H groups in total. The van der Waals surface area contributed by atoms with Crippen molar-refractivity contribution in [3.8, 4) is 5.75 Å². The molecule has 0 spiro atoms. The maximum atomic E-state index is 13.2. The van der Waals surface area contributed by atoms with Gasteiger partial charge in [0.25, 0.3) is 0 Å². The Morgan fingerprint density at radius 1 is 1.11 bits per heavy atom. The van der Waals surface area contributed by atoms with Crippen LogP contribution < -0.4 is 10.5 Å². The van der Waals surface area contributed by atoms with Crippen LogP contribution >= 0.6 is 31.9 Å². The van der Waals surface area contributed by atoms with E-state index in [1.807, 2.05) is 18.2 Å². The zero-order valence-corrected chi connectivity index (χ0v) is 13.3. The number of benzene rings is 2. The third-order valence-corrected chi connectivity index (χ3v) is 4.14. The highest BCUT2D eigenvalue weighted by atomic mass is 79.9. The van der Waals surface area contributed by atoms with Crippen LogP contribution in [0.4, 0.5) is 4.39 Å². The van der Waals surface area contributed by atoms with Gasteiger partial charge in [0, 0.05) is 4.47 Å². The molecule has 0 amide bonds. The second-order valence-electron chi connectivity index (χ2n) is 4.04. The van der Waals surface area contributed by atoms with Gasteiger partial charge in [-0.15, -0.1) is 0 Å². The number of methoxy groups -OCH3 is 1. The van der Waals surface area contributed by atoms with Crippen LogP contribution in [0.3, 0.4) is 0 Å². The molecule has 2 aromatic rings. The first-order valence-corrected chi connectivity index (χ1v) is 7.15. The zero-order chi connectivity index (χ0) is 14.0. The van der Waals surface area contributed by atoms with Gasteiger partial charge in [-0.25, -0.2) is 4.39 Å². The average molecular weight is 389 g/mol. The van der Waals surface area contributed by atoms with Gasteiger partial charge < -0.3 is 10.5 Å². The Morgan fingerprint density at radius 3 is 2.42 bits per heavy atom. The van der Waals surface area contributed by atoms with Crippen molar-refractivity contribution in [2.45, 2.75) is 6.04 Å². The highest BCUT2D eigenvalue weighted by Crippen LogP contribution is 2.31. The van der Waals surface area contributed by atoms with Crippen LogP contribution in [-0.4, -0.2) is 7.11 Å². The first-order valence-electron chi connectivity index (χ1n) is 5.57. The third kappa shape index (κ3) is 3.16. The van der Waals surface area contributed by atoms with Gasteiger partial charge in [-0.3, -0.25) is 0 Å². The van der Waals surface area contributed by atoms with Gasteiger partial charge >= 0.3 is 0 Å². The van der Waals surface area contributed by atoms with Gasteiger partial charge in [0.1, 0.15) is 11.6 Å². The molecule has 1 unspecified atom stereocenters. The highest BCUT2D eigenvalue weighted by molar-refractivity contribution is 9.10. The molecule has 0 aromatic heterocycles. The second-order valence-corrected chi connectivity index (χ2v) is 5.75. The highest BCUT2D eigenvalue weighted by Gasteiger charge is 2.14. The van der Waals surface area contributed by atoms with Gasteiger partial charge in [-0.1, -0.05) is 28.1 Å². The maximum absolute atomic E-state index is 13.2. The Morgan fingerprint density at radius 2 is 1.84 bits per heavy atom. The fourth-order valence-corrected chi connectivity index (χ4v) is 2.77. The van der Waals surface area contributed by atoms with Crippen LogP contribution in [-0.2, 0) is 0 Å². The maximum Gasteiger partial charge on any atom is 0.137 e. The van der Waals surface area contributed by atoms with Gasteiger partial charge in [0.2, 0.25) is 0 Å². The molecule has 2 nitrogen and oxygen atoms in total. The molecule has 0 aliphatic carbocycles. The molecule has 19 heavy (non-hydrogen) atoms. The third-order valence-electron chi connectivity index (χ3n) is 2.85. The lowest BCUT2D eigenvalue weighted by Crippen LogP contribution is -2.12. The molecule has 0 radical (unpaired) electrons. The molecular weight excluding hydrogens is 377 g/mol. The Bertz CT molecular complexity index is 604. The largest absolute Gasteiger partial charge is 0.497 e. The van der Waals surface area contributed by atoms with Crippen molar-refractivity contribution in [1.82, 2.24) is 0 Å². The lowest BCUT2D eigenvalue weighted by atomic mass is 9.99. The molecular formula is C14H12Br2FNO. The number of hydrogen-bond donors (Lipinski definition) is 1. The van der Waals surface area contributed by atoms with Crippen molar-refractivity contribution in [2.75, 3.05) is 7.11 Å². The van der Waals surface area contributed by atoms with Crippen LogP contribution in [0.1, 0.15) is 17.2 Å². The van der Waals surface area contributed by atoms with Crippen LogP contribution in [0, 0.1) is 5.82 Å². The van der Waals surface area contributed by atoms with E-state index < -0.39 is 0 Å². The fraction of sp³-hybridized carbons (Fsp3) is 0.143. The molecule has 0 saturated heterocycles. The first-order chi connectivity index (χ1) is 9.02. The van der Waals surface area contributed by atoms with Crippen molar-refractivity contribution >= 4 is 31.9 Å². The average Bonchev–Trinajstić information content (AvgIpc) is 2.41. The molecule has 100 valence electrons. The number of ether oxygens (including phenoxy) is 1. The molecule has 2 rings (SSSR count). The number of rotatable bonds is 3. The van der Waals surface area contributed by atoms with Crippen molar-refractivity contribution < 1.29 is 9.13 Å². The number of nitrogens with two attached hydrogens (primary N) is 1. The van der Waals surface area contributed by atoms with Crippen molar-refractivity contribution in [1.29, 1.82) is 0 Å². The molecule has 0 aliphatic rings. The van der Waals surface area contributed by atoms with Crippen LogP contribution in [0.15, 0.2) is 45.3 Å². The van der Waals surface area contributed by atoms with E-state index in [9.17, 15) is 4.39 Å². The predicted molar refractivity (Wildman–Crippen MR) is 80.8 cm³/mol. The molecule has 0 fully saturated rings. The molecule has 5 heteroatoms. The minimum atomic E-state index is -0.336. The summed E-state index contributed by atoms with van der Waals surface area (Å²) >= 11 is 6.64. The smallest absolute Gasteiger partial charge is 0.137 e. The second kappa shape index (κ2) is 6.03. The fourth-order valence-electron chi connectivity index (χ4n) is 1.77. The van der Waals surface area contributed by atoms with E-state index in [-0.39, 0.29) is 11.9 Å². The predicted octanol–water partition coefficient (Wildman–Crippen LogP) is 4.41. The van der Waals surface area contributed by atoms with Gasteiger partial charge in [-0.2, -0.15) is 0 Å². The molecule has 2 aromatic carbocycles. The first kappa shape index (κ1) is 14.5. The van der Waals surface area contributed by atoms with Crippen molar-refractivity contribution in [3.05, 3.63) is 62.3 Å².